The summed E-state index contributed by atoms with van der Waals surface area (Å²) in [6.07, 6.45) is 4.50. The first-order chi connectivity index (χ1) is 15.0. The van der Waals surface area contributed by atoms with Crippen LogP contribution in [0.5, 0.6) is 0 Å². The molecule has 0 amide bonds. The molecule has 5 rings (SSSR count). The van der Waals surface area contributed by atoms with Crippen LogP contribution < -0.4 is 5.56 Å². The number of likely N-dealkylation sites (tertiary alicyclic amines) is 1. The fraction of sp³-hybridized carbons (Fsp3) is 0.375. The Bertz CT molecular complexity index is 1320. The van der Waals surface area contributed by atoms with Gasteiger partial charge >= 0.3 is 0 Å². The number of piperidine rings is 1. The van der Waals surface area contributed by atoms with Crippen LogP contribution in [-0.4, -0.2) is 43.7 Å². The molecule has 1 aromatic carbocycles. The van der Waals surface area contributed by atoms with Gasteiger partial charge < -0.3 is 4.90 Å². The van der Waals surface area contributed by atoms with Gasteiger partial charge in [0.2, 0.25) is 0 Å². The number of halogens is 1. The lowest BCUT2D eigenvalue weighted by Crippen LogP contribution is -2.35. The zero-order valence-electron chi connectivity index (χ0n) is 17.9. The molecule has 1 saturated heterocycles. The second-order valence-corrected chi connectivity index (χ2v) is 8.45. The largest absolute Gasteiger partial charge is 0.303 e. The maximum Gasteiger partial charge on any atom is 0.261 e. The first kappa shape index (κ1) is 19.9. The minimum Gasteiger partial charge on any atom is -0.303 e. The van der Waals surface area contributed by atoms with Crippen molar-refractivity contribution in [1.82, 2.24) is 24.1 Å². The summed E-state index contributed by atoms with van der Waals surface area (Å²) in [6, 6.07) is 10.5. The van der Waals surface area contributed by atoms with Crippen molar-refractivity contribution in [3.05, 3.63) is 75.7 Å². The van der Waals surface area contributed by atoms with Gasteiger partial charge in [0.15, 0.2) is 0 Å². The Morgan fingerprint density at radius 2 is 1.97 bits per heavy atom. The summed E-state index contributed by atoms with van der Waals surface area (Å²) < 4.78 is 17.0. The van der Waals surface area contributed by atoms with Crippen molar-refractivity contribution in [1.29, 1.82) is 0 Å². The summed E-state index contributed by atoms with van der Waals surface area (Å²) in [7, 11) is 1.87. The smallest absolute Gasteiger partial charge is 0.261 e. The van der Waals surface area contributed by atoms with Crippen LogP contribution in [0.3, 0.4) is 0 Å². The van der Waals surface area contributed by atoms with Gasteiger partial charge in [-0.05, 0) is 69.6 Å². The van der Waals surface area contributed by atoms with E-state index in [9.17, 15) is 9.18 Å². The highest BCUT2D eigenvalue weighted by atomic mass is 19.1. The Morgan fingerprint density at radius 1 is 1.16 bits per heavy atom. The second kappa shape index (κ2) is 7.89. The van der Waals surface area contributed by atoms with Gasteiger partial charge in [-0.15, -0.1) is 0 Å². The second-order valence-electron chi connectivity index (χ2n) is 8.45. The predicted molar refractivity (Wildman–Crippen MR) is 119 cm³/mol. The van der Waals surface area contributed by atoms with Crippen LogP contribution in [0.15, 0.2) is 47.4 Å². The molecule has 7 heteroatoms. The van der Waals surface area contributed by atoms with E-state index in [1.54, 1.807) is 21.3 Å². The molecule has 0 radical (unpaired) electrons. The molecular weight excluding hydrogens is 393 g/mol. The van der Waals surface area contributed by atoms with Crippen molar-refractivity contribution in [2.75, 3.05) is 19.6 Å². The van der Waals surface area contributed by atoms with Gasteiger partial charge in [0, 0.05) is 42.4 Å². The molecule has 0 aliphatic carbocycles. The molecule has 0 atom stereocenters. The summed E-state index contributed by atoms with van der Waals surface area (Å²) in [4.78, 5) is 19.9. The Kier molecular flexibility index (Phi) is 5.06. The lowest BCUT2D eigenvalue weighted by Gasteiger charge is -2.31. The number of aromatic nitrogens is 4. The summed E-state index contributed by atoms with van der Waals surface area (Å²) in [5.74, 6) is 0.145. The number of aryl methyl sites for hydroxylation is 2. The molecule has 0 spiro atoms. The Balaban J connectivity index is 1.27. The number of rotatable bonds is 4. The SMILES string of the molecule is Cc1nc2ccccn2c(=O)c1CCN1CCC(c2nn(C)c3cc(F)ccc23)CC1. The maximum atomic E-state index is 13.6. The maximum absolute atomic E-state index is 13.6. The van der Waals surface area contributed by atoms with Gasteiger partial charge in [-0.25, -0.2) is 9.37 Å². The van der Waals surface area contributed by atoms with E-state index in [1.807, 2.05) is 38.2 Å². The standard InChI is InChI=1S/C24H26FN5O/c1-16-19(24(31)30-11-4-3-5-22(30)26-16)10-14-29-12-8-17(9-13-29)23-20-7-6-18(25)15-21(20)28(2)27-23/h3-7,11,15,17H,8-10,12-14H2,1-2H3. The summed E-state index contributed by atoms with van der Waals surface area (Å²) in [5, 5.41) is 5.75. The normalized spacial score (nSPS) is 15.8. The Hall–Kier alpha value is -3.06. The molecule has 3 aromatic heterocycles. The van der Waals surface area contributed by atoms with Crippen molar-refractivity contribution < 1.29 is 4.39 Å². The van der Waals surface area contributed by atoms with E-state index in [0.717, 1.165) is 60.3 Å². The fourth-order valence-electron chi connectivity index (χ4n) is 4.78. The number of benzene rings is 1. The van der Waals surface area contributed by atoms with E-state index >= 15 is 0 Å². The minimum absolute atomic E-state index is 0.0326. The zero-order valence-corrected chi connectivity index (χ0v) is 17.9. The molecule has 0 saturated carbocycles. The van der Waals surface area contributed by atoms with Crippen LogP contribution in [0.4, 0.5) is 4.39 Å². The summed E-state index contributed by atoms with van der Waals surface area (Å²) in [5.41, 5.74) is 4.26. The first-order valence-corrected chi connectivity index (χ1v) is 10.8. The van der Waals surface area contributed by atoms with Crippen molar-refractivity contribution >= 4 is 16.6 Å². The molecule has 4 heterocycles. The highest BCUT2D eigenvalue weighted by molar-refractivity contribution is 5.82. The molecule has 31 heavy (non-hydrogen) atoms. The van der Waals surface area contributed by atoms with Crippen molar-refractivity contribution in [2.24, 2.45) is 7.05 Å². The van der Waals surface area contributed by atoms with Gasteiger partial charge in [0.25, 0.3) is 5.56 Å². The monoisotopic (exact) mass is 419 g/mol. The number of nitrogens with zero attached hydrogens (tertiary/aromatic N) is 5. The average Bonchev–Trinajstić information content (AvgIpc) is 3.10. The van der Waals surface area contributed by atoms with Crippen LogP contribution in [0.1, 0.15) is 35.7 Å². The Labute approximate surface area is 179 Å². The van der Waals surface area contributed by atoms with Gasteiger partial charge in [-0.1, -0.05) is 6.07 Å². The third-order valence-electron chi connectivity index (χ3n) is 6.53. The molecule has 0 bridgehead atoms. The van der Waals surface area contributed by atoms with E-state index in [2.05, 4.69) is 9.88 Å². The van der Waals surface area contributed by atoms with Crippen molar-refractivity contribution in [3.8, 4) is 0 Å². The van der Waals surface area contributed by atoms with Crippen LogP contribution in [0.2, 0.25) is 0 Å². The van der Waals surface area contributed by atoms with Gasteiger partial charge in [-0.2, -0.15) is 5.10 Å². The fourth-order valence-corrected chi connectivity index (χ4v) is 4.78. The van der Waals surface area contributed by atoms with Crippen molar-refractivity contribution in [3.63, 3.8) is 0 Å². The van der Waals surface area contributed by atoms with Crippen LogP contribution in [-0.2, 0) is 13.5 Å². The summed E-state index contributed by atoms with van der Waals surface area (Å²) in [6.45, 7) is 4.69. The van der Waals surface area contributed by atoms with E-state index in [-0.39, 0.29) is 11.4 Å². The lowest BCUT2D eigenvalue weighted by molar-refractivity contribution is 0.213. The van der Waals surface area contributed by atoms with Gasteiger partial charge in [-0.3, -0.25) is 13.9 Å². The minimum atomic E-state index is -0.230. The quantitative estimate of drug-likeness (QED) is 0.508. The first-order valence-electron chi connectivity index (χ1n) is 10.8. The molecule has 1 fully saturated rings. The highest BCUT2D eigenvalue weighted by Crippen LogP contribution is 2.32. The van der Waals surface area contributed by atoms with Gasteiger partial charge in [0.05, 0.1) is 11.2 Å². The number of pyridine rings is 1. The van der Waals surface area contributed by atoms with Crippen LogP contribution in [0.25, 0.3) is 16.6 Å². The molecular formula is C24H26FN5O. The topological polar surface area (TPSA) is 55.4 Å². The molecule has 0 N–H and O–H groups in total. The van der Waals surface area contributed by atoms with Crippen LogP contribution >= 0.6 is 0 Å². The highest BCUT2D eigenvalue weighted by Gasteiger charge is 2.25. The molecule has 6 nitrogen and oxygen atoms in total. The van der Waals surface area contributed by atoms with Crippen molar-refractivity contribution in [2.45, 2.75) is 32.1 Å². The third-order valence-corrected chi connectivity index (χ3v) is 6.53. The number of hydrogen-bond donors (Lipinski definition) is 0. The number of fused-ring (bicyclic) bond motifs is 2. The van der Waals surface area contributed by atoms with E-state index in [0.29, 0.717) is 18.0 Å². The Morgan fingerprint density at radius 3 is 2.77 bits per heavy atom. The lowest BCUT2D eigenvalue weighted by atomic mass is 9.91. The van der Waals surface area contributed by atoms with E-state index in [4.69, 9.17) is 5.10 Å². The van der Waals surface area contributed by atoms with Crippen LogP contribution in [0, 0.1) is 12.7 Å². The van der Waals surface area contributed by atoms with E-state index < -0.39 is 0 Å². The van der Waals surface area contributed by atoms with Gasteiger partial charge in [0.1, 0.15) is 11.5 Å². The average molecular weight is 420 g/mol. The molecule has 4 aromatic rings. The predicted octanol–water partition coefficient (Wildman–Crippen LogP) is 3.45. The zero-order chi connectivity index (χ0) is 21.5. The van der Waals surface area contributed by atoms with E-state index in [1.165, 1.54) is 6.07 Å². The molecule has 0 unspecified atom stereocenters. The number of hydrogen-bond acceptors (Lipinski definition) is 4. The molecule has 160 valence electrons. The molecule has 1 aliphatic heterocycles. The third kappa shape index (κ3) is 3.63. The molecule has 1 aliphatic rings. The summed E-state index contributed by atoms with van der Waals surface area (Å²) >= 11 is 0.